The van der Waals surface area contributed by atoms with Crippen molar-refractivity contribution in [3.63, 3.8) is 0 Å². The molecule has 0 saturated heterocycles. The standard InChI is InChI=1S/C11H10N4O2S/c1-15-6-5-11(13-15)14-18(16,17)10-4-2-3-9(7-10)8-12/h2-7H,1H3,(H,13,14). The van der Waals surface area contributed by atoms with Gasteiger partial charge in [0.15, 0.2) is 5.82 Å². The Bertz CT molecular complexity index is 713. The monoisotopic (exact) mass is 262 g/mol. The lowest BCUT2D eigenvalue weighted by Crippen LogP contribution is -2.13. The second kappa shape index (κ2) is 4.50. The van der Waals surface area contributed by atoms with Gasteiger partial charge in [0.25, 0.3) is 10.0 Å². The molecule has 7 heteroatoms. The van der Waals surface area contributed by atoms with Crippen molar-refractivity contribution in [2.24, 2.45) is 7.05 Å². The summed E-state index contributed by atoms with van der Waals surface area (Å²) in [5, 5.41) is 12.7. The Morgan fingerprint density at radius 1 is 1.39 bits per heavy atom. The molecular formula is C11H10N4O2S. The number of rotatable bonds is 3. The lowest BCUT2D eigenvalue weighted by Gasteiger charge is -2.05. The van der Waals surface area contributed by atoms with Crippen molar-refractivity contribution in [2.45, 2.75) is 4.90 Å². The van der Waals surface area contributed by atoms with E-state index in [0.29, 0.717) is 5.56 Å². The van der Waals surface area contributed by atoms with Crippen molar-refractivity contribution in [1.82, 2.24) is 9.78 Å². The van der Waals surface area contributed by atoms with Crippen molar-refractivity contribution in [1.29, 1.82) is 5.26 Å². The molecule has 1 aromatic heterocycles. The van der Waals surface area contributed by atoms with Gasteiger partial charge in [-0.05, 0) is 18.2 Å². The molecule has 2 rings (SSSR count). The SMILES string of the molecule is Cn1ccc(NS(=O)(=O)c2cccc(C#N)c2)n1. The third-order valence-corrected chi connectivity index (χ3v) is 3.58. The molecular weight excluding hydrogens is 252 g/mol. The van der Waals surface area contributed by atoms with E-state index in [9.17, 15) is 8.42 Å². The molecule has 92 valence electrons. The molecule has 0 amide bonds. The van der Waals surface area contributed by atoms with Gasteiger partial charge in [0, 0.05) is 19.3 Å². The summed E-state index contributed by atoms with van der Waals surface area (Å²) in [4.78, 5) is 0.0344. The zero-order chi connectivity index (χ0) is 13.2. The third kappa shape index (κ3) is 2.49. The summed E-state index contributed by atoms with van der Waals surface area (Å²) < 4.78 is 27.8. The number of anilines is 1. The summed E-state index contributed by atoms with van der Waals surface area (Å²) in [7, 11) is -2.02. The van der Waals surface area contributed by atoms with Gasteiger partial charge in [-0.3, -0.25) is 9.40 Å². The number of sulfonamides is 1. The zero-order valence-corrected chi connectivity index (χ0v) is 10.3. The van der Waals surface area contributed by atoms with E-state index in [-0.39, 0.29) is 10.7 Å². The summed E-state index contributed by atoms with van der Waals surface area (Å²) in [6, 6.07) is 9.24. The van der Waals surface area contributed by atoms with Crippen LogP contribution in [0.25, 0.3) is 0 Å². The van der Waals surface area contributed by atoms with Gasteiger partial charge < -0.3 is 0 Å². The predicted molar refractivity (Wildman–Crippen MR) is 65.2 cm³/mol. The van der Waals surface area contributed by atoms with Gasteiger partial charge in [0.05, 0.1) is 16.5 Å². The Hall–Kier alpha value is -2.33. The fourth-order valence-corrected chi connectivity index (χ4v) is 2.44. The Morgan fingerprint density at radius 2 is 2.17 bits per heavy atom. The molecule has 0 unspecified atom stereocenters. The molecule has 0 bridgehead atoms. The van der Waals surface area contributed by atoms with Crippen LogP contribution in [-0.2, 0) is 17.1 Å². The van der Waals surface area contributed by atoms with Crippen LogP contribution in [-0.4, -0.2) is 18.2 Å². The number of nitrogens with zero attached hydrogens (tertiary/aromatic N) is 3. The minimum Gasteiger partial charge on any atom is -0.274 e. The van der Waals surface area contributed by atoms with E-state index in [0.717, 1.165) is 0 Å². The number of aryl methyl sites for hydroxylation is 1. The normalized spacial score (nSPS) is 10.9. The van der Waals surface area contributed by atoms with Crippen LogP contribution in [0.5, 0.6) is 0 Å². The smallest absolute Gasteiger partial charge is 0.263 e. The highest BCUT2D eigenvalue weighted by molar-refractivity contribution is 7.92. The molecule has 0 aliphatic rings. The summed E-state index contributed by atoms with van der Waals surface area (Å²) in [5.74, 6) is 0.236. The van der Waals surface area contributed by atoms with E-state index < -0.39 is 10.0 Å². The number of nitrogens with one attached hydrogen (secondary N) is 1. The lowest BCUT2D eigenvalue weighted by atomic mass is 10.2. The van der Waals surface area contributed by atoms with Crippen molar-refractivity contribution in [3.8, 4) is 6.07 Å². The third-order valence-electron chi connectivity index (χ3n) is 2.23. The van der Waals surface area contributed by atoms with Crippen LogP contribution in [0.2, 0.25) is 0 Å². The first-order valence-electron chi connectivity index (χ1n) is 5.04. The summed E-state index contributed by atoms with van der Waals surface area (Å²) in [6.45, 7) is 0. The second-order valence-electron chi connectivity index (χ2n) is 3.62. The van der Waals surface area contributed by atoms with E-state index in [2.05, 4.69) is 9.82 Å². The Balaban J connectivity index is 2.34. The number of hydrogen-bond acceptors (Lipinski definition) is 4. The average molecular weight is 262 g/mol. The fourth-order valence-electron chi connectivity index (χ4n) is 1.40. The quantitative estimate of drug-likeness (QED) is 0.896. The van der Waals surface area contributed by atoms with Gasteiger partial charge in [-0.15, -0.1) is 0 Å². The molecule has 6 nitrogen and oxygen atoms in total. The molecule has 2 aromatic rings. The van der Waals surface area contributed by atoms with Gasteiger partial charge >= 0.3 is 0 Å². The van der Waals surface area contributed by atoms with Gasteiger partial charge in [-0.25, -0.2) is 8.42 Å². The van der Waals surface area contributed by atoms with Crippen molar-refractivity contribution >= 4 is 15.8 Å². The van der Waals surface area contributed by atoms with E-state index in [1.165, 1.54) is 22.9 Å². The van der Waals surface area contributed by atoms with Crippen LogP contribution in [0.15, 0.2) is 41.4 Å². The van der Waals surface area contributed by atoms with E-state index in [4.69, 9.17) is 5.26 Å². The van der Waals surface area contributed by atoms with Crippen LogP contribution < -0.4 is 4.72 Å². The summed E-state index contributed by atoms with van der Waals surface area (Å²) >= 11 is 0. The largest absolute Gasteiger partial charge is 0.274 e. The molecule has 0 radical (unpaired) electrons. The minimum atomic E-state index is -3.71. The highest BCUT2D eigenvalue weighted by atomic mass is 32.2. The predicted octanol–water partition coefficient (Wildman–Crippen LogP) is 1.09. The molecule has 0 aliphatic heterocycles. The van der Waals surface area contributed by atoms with Crippen LogP contribution in [0.4, 0.5) is 5.82 Å². The van der Waals surface area contributed by atoms with Gasteiger partial charge in [-0.1, -0.05) is 6.07 Å². The molecule has 0 aliphatic carbocycles. The van der Waals surface area contributed by atoms with Crippen LogP contribution >= 0.6 is 0 Å². The number of nitriles is 1. The molecule has 1 N–H and O–H groups in total. The van der Waals surface area contributed by atoms with Crippen LogP contribution in [0.3, 0.4) is 0 Å². The highest BCUT2D eigenvalue weighted by Crippen LogP contribution is 2.15. The maximum Gasteiger partial charge on any atom is 0.263 e. The molecule has 0 spiro atoms. The van der Waals surface area contributed by atoms with Crippen LogP contribution in [0, 0.1) is 11.3 Å². The fraction of sp³-hybridized carbons (Fsp3) is 0.0909. The molecule has 1 heterocycles. The van der Waals surface area contributed by atoms with Crippen molar-refractivity contribution < 1.29 is 8.42 Å². The molecule has 1 aromatic carbocycles. The topological polar surface area (TPSA) is 87.8 Å². The molecule has 0 saturated carbocycles. The van der Waals surface area contributed by atoms with E-state index >= 15 is 0 Å². The highest BCUT2D eigenvalue weighted by Gasteiger charge is 2.15. The van der Waals surface area contributed by atoms with Gasteiger partial charge in [-0.2, -0.15) is 10.4 Å². The van der Waals surface area contributed by atoms with Gasteiger partial charge in [0.1, 0.15) is 0 Å². The van der Waals surface area contributed by atoms with E-state index in [1.54, 1.807) is 25.4 Å². The maximum absolute atomic E-state index is 12.0. The van der Waals surface area contributed by atoms with Crippen LogP contribution in [0.1, 0.15) is 5.56 Å². The Morgan fingerprint density at radius 3 is 2.78 bits per heavy atom. The minimum absolute atomic E-state index is 0.0344. The van der Waals surface area contributed by atoms with Crippen molar-refractivity contribution in [3.05, 3.63) is 42.1 Å². The molecule has 0 fully saturated rings. The number of aromatic nitrogens is 2. The summed E-state index contributed by atoms with van der Waals surface area (Å²) in [6.07, 6.45) is 1.63. The lowest BCUT2D eigenvalue weighted by molar-refractivity contribution is 0.601. The number of hydrogen-bond donors (Lipinski definition) is 1. The first kappa shape index (κ1) is 12.1. The second-order valence-corrected chi connectivity index (χ2v) is 5.30. The Kier molecular flexibility index (Phi) is 3.04. The maximum atomic E-state index is 12.0. The van der Waals surface area contributed by atoms with E-state index in [1.807, 2.05) is 6.07 Å². The first-order chi connectivity index (χ1) is 8.51. The van der Waals surface area contributed by atoms with Crippen molar-refractivity contribution in [2.75, 3.05) is 4.72 Å². The number of benzene rings is 1. The average Bonchev–Trinajstić information content (AvgIpc) is 2.74. The van der Waals surface area contributed by atoms with Gasteiger partial charge in [0.2, 0.25) is 0 Å². The Labute approximate surface area is 105 Å². The molecule has 18 heavy (non-hydrogen) atoms. The zero-order valence-electron chi connectivity index (χ0n) is 9.53. The summed E-state index contributed by atoms with van der Waals surface area (Å²) in [5.41, 5.74) is 0.291. The first-order valence-corrected chi connectivity index (χ1v) is 6.52. The molecule has 0 atom stereocenters.